The Labute approximate surface area is 133 Å². The standard InChI is InChI=1S/C16H18N4O3/c17-10-13-6-7-14(22-13)16(21)19-11-3-1-4-12(9-11)23-15-5-2-8-18-20-15/h1-5,8-9,13-14H,6-7,10,17H2,(H,19,21)/t13-,14+/m1/s1. The van der Waals surface area contributed by atoms with Crippen molar-refractivity contribution in [3.05, 3.63) is 42.6 Å². The zero-order chi connectivity index (χ0) is 16.1. The molecule has 2 atom stereocenters. The Kier molecular flexibility index (Phi) is 4.80. The Morgan fingerprint density at radius 3 is 3.00 bits per heavy atom. The number of nitrogens with one attached hydrogen (secondary N) is 1. The molecular formula is C16H18N4O3. The number of aromatic nitrogens is 2. The Morgan fingerprint density at radius 2 is 2.26 bits per heavy atom. The van der Waals surface area contributed by atoms with E-state index in [2.05, 4.69) is 15.5 Å². The summed E-state index contributed by atoms with van der Waals surface area (Å²) in [6.07, 6.45) is 2.58. The zero-order valence-corrected chi connectivity index (χ0v) is 12.5. The van der Waals surface area contributed by atoms with E-state index in [9.17, 15) is 4.79 Å². The molecule has 1 aliphatic rings. The summed E-state index contributed by atoms with van der Waals surface area (Å²) in [6, 6.07) is 10.5. The van der Waals surface area contributed by atoms with Crippen LogP contribution in [0.4, 0.5) is 5.69 Å². The summed E-state index contributed by atoms with van der Waals surface area (Å²) < 4.78 is 11.2. The van der Waals surface area contributed by atoms with Crippen molar-refractivity contribution in [2.24, 2.45) is 5.73 Å². The number of carbonyl (C=O) groups is 1. The highest BCUT2D eigenvalue weighted by atomic mass is 16.5. The SMILES string of the molecule is NC[C@H]1CC[C@@H](C(=O)Nc2cccc(Oc3cccnn3)c2)O1. The van der Waals surface area contributed by atoms with E-state index >= 15 is 0 Å². The van der Waals surface area contributed by atoms with E-state index < -0.39 is 6.10 Å². The molecule has 3 N–H and O–H groups in total. The lowest BCUT2D eigenvalue weighted by Crippen LogP contribution is -2.29. The van der Waals surface area contributed by atoms with Crippen molar-refractivity contribution < 1.29 is 14.3 Å². The topological polar surface area (TPSA) is 99.4 Å². The predicted molar refractivity (Wildman–Crippen MR) is 84.1 cm³/mol. The monoisotopic (exact) mass is 314 g/mol. The van der Waals surface area contributed by atoms with Gasteiger partial charge < -0.3 is 20.5 Å². The van der Waals surface area contributed by atoms with E-state index in [1.165, 1.54) is 0 Å². The van der Waals surface area contributed by atoms with Crippen LogP contribution >= 0.6 is 0 Å². The van der Waals surface area contributed by atoms with Gasteiger partial charge in [-0.1, -0.05) is 6.07 Å². The molecule has 2 aromatic rings. The maximum Gasteiger partial charge on any atom is 0.253 e. The lowest BCUT2D eigenvalue weighted by Gasteiger charge is -2.13. The van der Waals surface area contributed by atoms with Gasteiger partial charge in [0.2, 0.25) is 5.88 Å². The number of nitrogens with two attached hydrogens (primary N) is 1. The third-order valence-electron chi connectivity index (χ3n) is 3.53. The summed E-state index contributed by atoms with van der Waals surface area (Å²) in [5, 5.41) is 10.4. The maximum absolute atomic E-state index is 12.2. The Bertz CT molecular complexity index is 665. The summed E-state index contributed by atoms with van der Waals surface area (Å²) in [4.78, 5) is 12.2. The summed E-state index contributed by atoms with van der Waals surface area (Å²) in [5.74, 6) is 0.786. The number of anilines is 1. The molecule has 1 aromatic heterocycles. The molecular weight excluding hydrogens is 296 g/mol. The fraction of sp³-hybridized carbons (Fsp3) is 0.312. The number of ether oxygens (including phenoxy) is 2. The number of amides is 1. The van der Waals surface area contributed by atoms with Gasteiger partial charge in [0, 0.05) is 30.6 Å². The summed E-state index contributed by atoms with van der Waals surface area (Å²) in [5.41, 5.74) is 6.19. The first-order valence-electron chi connectivity index (χ1n) is 7.46. The van der Waals surface area contributed by atoms with Crippen LogP contribution < -0.4 is 15.8 Å². The molecule has 1 aromatic carbocycles. The molecule has 7 nitrogen and oxygen atoms in total. The fourth-order valence-electron chi connectivity index (χ4n) is 2.39. The van der Waals surface area contributed by atoms with Crippen molar-refractivity contribution in [1.29, 1.82) is 0 Å². The van der Waals surface area contributed by atoms with E-state index in [1.807, 2.05) is 0 Å². The van der Waals surface area contributed by atoms with Gasteiger partial charge in [-0.2, -0.15) is 5.10 Å². The van der Waals surface area contributed by atoms with Gasteiger partial charge in [0.25, 0.3) is 5.91 Å². The Hall–Kier alpha value is -2.51. The van der Waals surface area contributed by atoms with E-state index in [0.717, 1.165) is 6.42 Å². The molecule has 1 fully saturated rings. The van der Waals surface area contributed by atoms with Gasteiger partial charge in [-0.25, -0.2) is 0 Å². The molecule has 1 amide bonds. The van der Waals surface area contributed by atoms with Gasteiger partial charge in [0.05, 0.1) is 6.10 Å². The van der Waals surface area contributed by atoms with Gasteiger partial charge in [-0.3, -0.25) is 4.79 Å². The molecule has 7 heteroatoms. The van der Waals surface area contributed by atoms with E-state index in [1.54, 1.807) is 42.6 Å². The van der Waals surface area contributed by atoms with Crippen molar-refractivity contribution in [3.8, 4) is 11.6 Å². The van der Waals surface area contributed by atoms with E-state index in [4.69, 9.17) is 15.2 Å². The van der Waals surface area contributed by atoms with Gasteiger partial charge in [-0.15, -0.1) is 5.10 Å². The van der Waals surface area contributed by atoms with Crippen LogP contribution in [0.1, 0.15) is 12.8 Å². The molecule has 1 aliphatic heterocycles. The molecule has 2 heterocycles. The molecule has 0 radical (unpaired) electrons. The van der Waals surface area contributed by atoms with Crippen LogP contribution in [0.25, 0.3) is 0 Å². The largest absolute Gasteiger partial charge is 0.437 e. The summed E-state index contributed by atoms with van der Waals surface area (Å²) in [6.45, 7) is 0.436. The van der Waals surface area contributed by atoms with Crippen LogP contribution in [-0.4, -0.2) is 34.9 Å². The Balaban J connectivity index is 1.62. The molecule has 0 bridgehead atoms. The average Bonchev–Trinajstić information content (AvgIpc) is 3.05. The van der Waals surface area contributed by atoms with Crippen LogP contribution in [0.2, 0.25) is 0 Å². The van der Waals surface area contributed by atoms with Gasteiger partial charge in [0.1, 0.15) is 11.9 Å². The summed E-state index contributed by atoms with van der Waals surface area (Å²) >= 11 is 0. The average molecular weight is 314 g/mol. The highest BCUT2D eigenvalue weighted by Gasteiger charge is 2.29. The molecule has 3 rings (SSSR count). The second-order valence-electron chi connectivity index (χ2n) is 5.24. The molecule has 0 spiro atoms. The van der Waals surface area contributed by atoms with Gasteiger partial charge >= 0.3 is 0 Å². The number of rotatable bonds is 5. The van der Waals surface area contributed by atoms with Crippen LogP contribution in [0.15, 0.2) is 42.6 Å². The molecule has 23 heavy (non-hydrogen) atoms. The van der Waals surface area contributed by atoms with Crippen molar-refractivity contribution in [2.75, 3.05) is 11.9 Å². The number of nitrogens with zero attached hydrogens (tertiary/aromatic N) is 2. The van der Waals surface area contributed by atoms with E-state index in [0.29, 0.717) is 30.3 Å². The highest BCUT2D eigenvalue weighted by molar-refractivity contribution is 5.94. The lowest BCUT2D eigenvalue weighted by atomic mass is 10.2. The van der Waals surface area contributed by atoms with Crippen LogP contribution in [0, 0.1) is 0 Å². The first kappa shape index (κ1) is 15.4. The van der Waals surface area contributed by atoms with Crippen LogP contribution in [0.5, 0.6) is 11.6 Å². The molecule has 1 saturated heterocycles. The van der Waals surface area contributed by atoms with Crippen molar-refractivity contribution in [3.63, 3.8) is 0 Å². The van der Waals surface area contributed by atoms with E-state index in [-0.39, 0.29) is 12.0 Å². The number of benzene rings is 1. The maximum atomic E-state index is 12.2. The molecule has 0 saturated carbocycles. The second kappa shape index (κ2) is 7.17. The minimum atomic E-state index is -0.451. The zero-order valence-electron chi connectivity index (χ0n) is 12.5. The van der Waals surface area contributed by atoms with Crippen LogP contribution in [0.3, 0.4) is 0 Å². The smallest absolute Gasteiger partial charge is 0.253 e. The molecule has 120 valence electrons. The minimum absolute atomic E-state index is 0.0305. The number of carbonyl (C=O) groups excluding carboxylic acids is 1. The van der Waals surface area contributed by atoms with Crippen molar-refractivity contribution in [1.82, 2.24) is 10.2 Å². The Morgan fingerprint density at radius 1 is 1.35 bits per heavy atom. The van der Waals surface area contributed by atoms with Crippen LogP contribution in [-0.2, 0) is 9.53 Å². The number of hydrogen-bond acceptors (Lipinski definition) is 6. The quantitative estimate of drug-likeness (QED) is 0.871. The minimum Gasteiger partial charge on any atom is -0.437 e. The lowest BCUT2D eigenvalue weighted by molar-refractivity contribution is -0.126. The molecule has 0 unspecified atom stereocenters. The second-order valence-corrected chi connectivity index (χ2v) is 5.24. The van der Waals surface area contributed by atoms with Gasteiger partial charge in [-0.05, 0) is 31.0 Å². The third kappa shape index (κ3) is 4.02. The molecule has 0 aliphatic carbocycles. The predicted octanol–water partition coefficient (Wildman–Crippen LogP) is 1.71. The van der Waals surface area contributed by atoms with Gasteiger partial charge in [0.15, 0.2) is 0 Å². The normalized spacial score (nSPS) is 20.2. The first-order valence-corrected chi connectivity index (χ1v) is 7.46. The summed E-state index contributed by atoms with van der Waals surface area (Å²) in [7, 11) is 0. The fourth-order valence-corrected chi connectivity index (χ4v) is 2.39. The third-order valence-corrected chi connectivity index (χ3v) is 3.53. The van der Waals surface area contributed by atoms with Crippen molar-refractivity contribution >= 4 is 11.6 Å². The van der Waals surface area contributed by atoms with Crippen molar-refractivity contribution in [2.45, 2.75) is 25.0 Å². The first-order chi connectivity index (χ1) is 11.2. The highest BCUT2D eigenvalue weighted by Crippen LogP contribution is 2.24. The number of hydrogen-bond donors (Lipinski definition) is 2.